The summed E-state index contributed by atoms with van der Waals surface area (Å²) in [5.74, 6) is 0.944. The van der Waals surface area contributed by atoms with Crippen molar-refractivity contribution in [3.05, 3.63) is 17.7 Å². The fourth-order valence-corrected chi connectivity index (χ4v) is 3.36. The Labute approximate surface area is 127 Å². The van der Waals surface area contributed by atoms with Crippen LogP contribution in [0.1, 0.15) is 19.4 Å². The third-order valence-corrected chi connectivity index (χ3v) is 5.31. The summed E-state index contributed by atoms with van der Waals surface area (Å²) in [5, 5.41) is 3.00. The normalized spacial score (nSPS) is 12.0. The highest BCUT2D eigenvalue weighted by Crippen LogP contribution is 2.35. The lowest BCUT2D eigenvalue weighted by molar-refractivity contribution is 0.349. The van der Waals surface area contributed by atoms with Crippen LogP contribution in [0.2, 0.25) is 0 Å². The van der Waals surface area contributed by atoms with E-state index in [4.69, 9.17) is 9.47 Å². The Morgan fingerprint density at radius 2 is 1.86 bits per heavy atom. The van der Waals surface area contributed by atoms with Crippen LogP contribution in [0.15, 0.2) is 17.0 Å². The zero-order chi connectivity index (χ0) is 16.2. The van der Waals surface area contributed by atoms with Crippen LogP contribution in [-0.4, -0.2) is 47.1 Å². The van der Waals surface area contributed by atoms with Gasteiger partial charge in [-0.1, -0.05) is 0 Å². The van der Waals surface area contributed by atoms with Crippen LogP contribution in [0, 0.1) is 0 Å². The van der Waals surface area contributed by atoms with E-state index >= 15 is 0 Å². The highest BCUT2D eigenvalue weighted by atomic mass is 32.2. The average molecular weight is 316 g/mol. The van der Waals surface area contributed by atoms with Crippen LogP contribution in [0.25, 0.3) is 0 Å². The van der Waals surface area contributed by atoms with Crippen LogP contribution in [0.3, 0.4) is 0 Å². The molecule has 0 aromatic heterocycles. The van der Waals surface area contributed by atoms with Crippen LogP contribution in [0.5, 0.6) is 11.5 Å². The third kappa shape index (κ3) is 3.66. The lowest BCUT2D eigenvalue weighted by Crippen LogP contribution is -2.33. The van der Waals surface area contributed by atoms with Gasteiger partial charge < -0.3 is 14.8 Å². The number of ether oxygens (including phenoxy) is 2. The molecule has 0 spiro atoms. The minimum atomic E-state index is -3.57. The molecule has 0 aliphatic rings. The van der Waals surface area contributed by atoms with Crippen molar-refractivity contribution in [1.82, 2.24) is 9.62 Å². The van der Waals surface area contributed by atoms with E-state index in [1.807, 2.05) is 13.8 Å². The van der Waals surface area contributed by atoms with Gasteiger partial charge in [0.2, 0.25) is 10.0 Å². The van der Waals surface area contributed by atoms with Gasteiger partial charge in [-0.2, -0.15) is 4.31 Å². The highest BCUT2D eigenvalue weighted by molar-refractivity contribution is 7.89. The fraction of sp³-hybridized carbons (Fsp3) is 0.571. The van der Waals surface area contributed by atoms with E-state index in [-0.39, 0.29) is 10.9 Å². The van der Waals surface area contributed by atoms with Gasteiger partial charge in [0.15, 0.2) is 11.5 Å². The molecule has 120 valence electrons. The number of sulfonamides is 1. The number of nitrogens with one attached hydrogen (secondary N) is 1. The van der Waals surface area contributed by atoms with Gasteiger partial charge in [-0.3, -0.25) is 0 Å². The van der Waals surface area contributed by atoms with Gasteiger partial charge >= 0.3 is 0 Å². The summed E-state index contributed by atoms with van der Waals surface area (Å²) in [6, 6.07) is 2.98. The molecule has 0 saturated carbocycles. The van der Waals surface area contributed by atoms with Crippen LogP contribution in [0.4, 0.5) is 0 Å². The van der Waals surface area contributed by atoms with Crippen molar-refractivity contribution in [2.45, 2.75) is 31.3 Å². The maximum absolute atomic E-state index is 12.6. The first kappa shape index (κ1) is 17.7. The topological polar surface area (TPSA) is 67.9 Å². The van der Waals surface area contributed by atoms with Crippen molar-refractivity contribution in [3.63, 3.8) is 0 Å². The standard InChI is InChI=1S/C14H24N2O4S/c1-10(2)16(4)21(17,18)12-7-11(9-15-3)14(20-6)13(8-12)19-5/h7-8,10,15H,9H2,1-6H3. The maximum atomic E-state index is 12.6. The van der Waals surface area contributed by atoms with Gasteiger partial charge in [0.1, 0.15) is 0 Å². The average Bonchev–Trinajstić information content (AvgIpc) is 2.45. The molecule has 1 N–H and O–H groups in total. The van der Waals surface area contributed by atoms with E-state index in [9.17, 15) is 8.42 Å². The van der Waals surface area contributed by atoms with Crippen molar-refractivity contribution < 1.29 is 17.9 Å². The minimum Gasteiger partial charge on any atom is -0.493 e. The molecule has 0 radical (unpaired) electrons. The smallest absolute Gasteiger partial charge is 0.243 e. The summed E-state index contributed by atoms with van der Waals surface area (Å²) in [6.07, 6.45) is 0. The number of methoxy groups -OCH3 is 2. The molecule has 0 aliphatic carbocycles. The van der Waals surface area contributed by atoms with Gasteiger partial charge in [-0.05, 0) is 27.0 Å². The Balaban J connectivity index is 3.48. The molecule has 21 heavy (non-hydrogen) atoms. The molecular formula is C14H24N2O4S. The van der Waals surface area contributed by atoms with Crippen LogP contribution >= 0.6 is 0 Å². The predicted molar refractivity (Wildman–Crippen MR) is 82.4 cm³/mol. The molecule has 0 amide bonds. The van der Waals surface area contributed by atoms with Gasteiger partial charge in [0, 0.05) is 31.3 Å². The van der Waals surface area contributed by atoms with E-state index in [1.165, 1.54) is 24.6 Å². The Bertz CT molecular complexity index is 585. The fourth-order valence-electron chi connectivity index (χ4n) is 1.93. The molecule has 1 rings (SSSR count). The zero-order valence-electron chi connectivity index (χ0n) is 13.4. The van der Waals surface area contributed by atoms with Gasteiger partial charge in [0.05, 0.1) is 19.1 Å². The molecule has 0 bridgehead atoms. The monoisotopic (exact) mass is 316 g/mol. The Morgan fingerprint density at radius 1 is 1.24 bits per heavy atom. The van der Waals surface area contributed by atoms with E-state index in [2.05, 4.69) is 5.32 Å². The lowest BCUT2D eigenvalue weighted by atomic mass is 10.2. The van der Waals surface area contributed by atoms with Crippen molar-refractivity contribution in [1.29, 1.82) is 0 Å². The molecule has 0 heterocycles. The summed E-state index contributed by atoms with van der Waals surface area (Å²) >= 11 is 0. The summed E-state index contributed by atoms with van der Waals surface area (Å²) < 4.78 is 37.1. The molecule has 7 heteroatoms. The number of nitrogens with zero attached hydrogens (tertiary/aromatic N) is 1. The molecular weight excluding hydrogens is 292 g/mol. The molecule has 1 aromatic carbocycles. The highest BCUT2D eigenvalue weighted by Gasteiger charge is 2.26. The molecule has 0 fully saturated rings. The summed E-state index contributed by atoms with van der Waals surface area (Å²) in [5.41, 5.74) is 0.732. The van der Waals surface area contributed by atoms with E-state index in [0.717, 1.165) is 5.56 Å². The van der Waals surface area contributed by atoms with Gasteiger partial charge in [-0.25, -0.2) is 8.42 Å². The van der Waals surface area contributed by atoms with Crippen molar-refractivity contribution in [2.75, 3.05) is 28.3 Å². The Morgan fingerprint density at radius 3 is 2.29 bits per heavy atom. The van der Waals surface area contributed by atoms with E-state index in [0.29, 0.717) is 18.0 Å². The number of rotatable bonds is 7. The predicted octanol–water partition coefficient (Wildman–Crippen LogP) is 1.45. The molecule has 1 aromatic rings. The second-order valence-corrected chi connectivity index (χ2v) is 6.96. The Hall–Kier alpha value is -1.31. The molecule has 0 saturated heterocycles. The SMILES string of the molecule is CNCc1cc(S(=O)(=O)N(C)C(C)C)cc(OC)c1OC. The lowest BCUT2D eigenvalue weighted by Gasteiger charge is -2.22. The number of benzene rings is 1. The van der Waals surface area contributed by atoms with Crippen LogP contribution in [-0.2, 0) is 16.6 Å². The van der Waals surface area contributed by atoms with Gasteiger partial charge in [0.25, 0.3) is 0 Å². The van der Waals surface area contributed by atoms with Crippen molar-refractivity contribution in [3.8, 4) is 11.5 Å². The van der Waals surface area contributed by atoms with Gasteiger partial charge in [-0.15, -0.1) is 0 Å². The summed E-state index contributed by atoms with van der Waals surface area (Å²) in [6.45, 7) is 4.13. The number of hydrogen-bond donors (Lipinski definition) is 1. The zero-order valence-corrected chi connectivity index (χ0v) is 14.2. The summed E-state index contributed by atoms with van der Waals surface area (Å²) in [4.78, 5) is 0.196. The van der Waals surface area contributed by atoms with Crippen LogP contribution < -0.4 is 14.8 Å². The van der Waals surface area contributed by atoms with Crippen molar-refractivity contribution >= 4 is 10.0 Å². The summed E-state index contributed by atoms with van der Waals surface area (Å²) in [7, 11) is 2.81. The second-order valence-electron chi connectivity index (χ2n) is 4.96. The number of hydrogen-bond acceptors (Lipinski definition) is 5. The molecule has 0 atom stereocenters. The first-order valence-corrected chi connectivity index (χ1v) is 8.11. The minimum absolute atomic E-state index is 0.129. The van der Waals surface area contributed by atoms with E-state index < -0.39 is 10.0 Å². The largest absolute Gasteiger partial charge is 0.493 e. The quantitative estimate of drug-likeness (QED) is 0.825. The third-order valence-electron chi connectivity index (χ3n) is 3.30. The van der Waals surface area contributed by atoms with Crippen molar-refractivity contribution in [2.24, 2.45) is 0 Å². The maximum Gasteiger partial charge on any atom is 0.243 e. The first-order valence-electron chi connectivity index (χ1n) is 6.67. The second kappa shape index (κ2) is 7.11. The molecule has 0 aliphatic heterocycles. The molecule has 0 unspecified atom stereocenters. The Kier molecular flexibility index (Phi) is 6.00. The first-order chi connectivity index (χ1) is 9.79. The molecule has 6 nitrogen and oxygen atoms in total. The van der Waals surface area contributed by atoms with E-state index in [1.54, 1.807) is 20.2 Å².